The smallest absolute Gasteiger partial charge is 0.475 e. The highest BCUT2D eigenvalue weighted by Crippen LogP contribution is 2.19. The fraction of sp³-hybridized carbons (Fsp3) is 0.600. The first kappa shape index (κ1) is 44.2. The Balaban J connectivity index is 1.04. The second-order valence-electron chi connectivity index (χ2n) is 14.3. The SMILES string of the molecule is C[C@@H](NC(=O)c1ccc(NNC(=O)CCCCCC(=O)NCCCC[C@H](NC(=O)C2CC3CNC=[N+]3NCC(=O)N2O)C(=O)O)cc1)C(=O)N1CCC[C@H]1B(O)O. The number of anilines is 1. The van der Waals surface area contributed by atoms with Crippen LogP contribution in [0, 0.1) is 0 Å². The van der Waals surface area contributed by atoms with E-state index in [1.165, 1.54) is 24.0 Å². The molecule has 21 nitrogen and oxygen atoms in total. The lowest BCUT2D eigenvalue weighted by atomic mass is 9.78. The van der Waals surface area contributed by atoms with Crippen LogP contribution in [0.15, 0.2) is 24.3 Å². The van der Waals surface area contributed by atoms with Gasteiger partial charge in [0, 0.05) is 37.9 Å². The minimum atomic E-state index is -1.65. The fourth-order valence-corrected chi connectivity index (χ4v) is 6.79. The zero-order valence-corrected chi connectivity index (χ0v) is 31.9. The van der Waals surface area contributed by atoms with Crippen LogP contribution in [-0.2, 0) is 28.8 Å². The van der Waals surface area contributed by atoms with Crippen LogP contribution < -0.4 is 37.5 Å². The number of benzene rings is 1. The Morgan fingerprint density at radius 1 is 0.982 bits per heavy atom. The van der Waals surface area contributed by atoms with Crippen LogP contribution in [0.4, 0.5) is 5.69 Å². The summed E-state index contributed by atoms with van der Waals surface area (Å²) in [5.74, 6) is -4.78. The number of amides is 6. The molecule has 0 radical (unpaired) electrons. The van der Waals surface area contributed by atoms with E-state index in [4.69, 9.17) is 0 Å². The number of fused-ring (bicyclic) bond motifs is 1. The molecule has 6 amide bonds. The molecule has 1 aromatic carbocycles. The molecule has 11 N–H and O–H groups in total. The van der Waals surface area contributed by atoms with Gasteiger partial charge in [0.05, 0.1) is 11.6 Å². The van der Waals surface area contributed by atoms with Crippen molar-refractivity contribution in [1.29, 1.82) is 0 Å². The topological polar surface area (TPSA) is 294 Å². The van der Waals surface area contributed by atoms with Crippen LogP contribution in [0.5, 0.6) is 0 Å². The number of likely N-dealkylation sites (tertiary alicyclic amines) is 1. The van der Waals surface area contributed by atoms with Crippen molar-refractivity contribution in [2.24, 2.45) is 0 Å². The van der Waals surface area contributed by atoms with Crippen molar-refractivity contribution in [3.63, 3.8) is 0 Å². The third-order valence-corrected chi connectivity index (χ3v) is 10.0. The van der Waals surface area contributed by atoms with Crippen LogP contribution >= 0.6 is 0 Å². The summed E-state index contributed by atoms with van der Waals surface area (Å²) in [5, 5.41) is 50.3. The van der Waals surface area contributed by atoms with Gasteiger partial charge in [-0.25, -0.2) is 9.86 Å². The van der Waals surface area contributed by atoms with Gasteiger partial charge in [-0.15, -0.1) is 0 Å². The largest absolute Gasteiger partial charge is 0.480 e. The van der Waals surface area contributed by atoms with E-state index in [9.17, 15) is 53.9 Å². The summed E-state index contributed by atoms with van der Waals surface area (Å²) in [7, 11) is -1.65. The van der Waals surface area contributed by atoms with Gasteiger partial charge in [-0.1, -0.05) is 6.42 Å². The maximum absolute atomic E-state index is 13.0. The Morgan fingerprint density at radius 3 is 2.40 bits per heavy atom. The summed E-state index contributed by atoms with van der Waals surface area (Å²) < 4.78 is 1.65. The molecule has 0 spiro atoms. The molecule has 5 atom stereocenters. The average molecular weight is 802 g/mol. The van der Waals surface area contributed by atoms with E-state index in [2.05, 4.69) is 37.5 Å². The molecule has 3 aliphatic rings. The third kappa shape index (κ3) is 13.3. The molecule has 2 fully saturated rings. The normalized spacial score (nSPS) is 20.0. The number of carboxylic acid groups (broad SMARTS) is 1. The number of rotatable bonds is 20. The number of hydrazone groups is 1. The van der Waals surface area contributed by atoms with E-state index in [-0.39, 0.29) is 50.1 Å². The highest BCUT2D eigenvalue weighted by Gasteiger charge is 2.40. The van der Waals surface area contributed by atoms with Crippen molar-refractivity contribution in [2.75, 3.05) is 31.6 Å². The van der Waals surface area contributed by atoms with Crippen molar-refractivity contribution < 1.29 is 58.6 Å². The molecule has 2 unspecified atom stereocenters. The van der Waals surface area contributed by atoms with Crippen molar-refractivity contribution in [3.05, 3.63) is 29.8 Å². The first-order valence-corrected chi connectivity index (χ1v) is 19.3. The van der Waals surface area contributed by atoms with Crippen LogP contribution in [0.1, 0.15) is 87.9 Å². The number of aliphatic carboxylic acids is 1. The summed E-state index contributed by atoms with van der Waals surface area (Å²) in [6, 6.07) is 2.62. The van der Waals surface area contributed by atoms with Crippen LogP contribution in [0.25, 0.3) is 0 Å². The minimum Gasteiger partial charge on any atom is -0.480 e. The molecule has 0 aromatic heterocycles. The van der Waals surface area contributed by atoms with Gasteiger partial charge < -0.3 is 36.0 Å². The maximum atomic E-state index is 13.0. The number of hydrogen-bond acceptors (Lipinski definition) is 13. The number of nitrogens with zero attached hydrogens (tertiary/aromatic N) is 3. The van der Waals surface area contributed by atoms with Crippen molar-refractivity contribution >= 4 is 60.6 Å². The lowest BCUT2D eigenvalue weighted by Gasteiger charge is -2.30. The first-order chi connectivity index (χ1) is 27.2. The maximum Gasteiger partial charge on any atom is 0.475 e. The van der Waals surface area contributed by atoms with E-state index >= 15 is 0 Å². The second kappa shape index (κ2) is 21.7. The number of unbranched alkanes of at least 4 members (excludes halogenated alkanes) is 3. The summed E-state index contributed by atoms with van der Waals surface area (Å²) in [4.78, 5) is 88.5. The molecule has 0 bridgehead atoms. The lowest BCUT2D eigenvalue weighted by Crippen LogP contribution is -2.58. The van der Waals surface area contributed by atoms with Gasteiger partial charge in [0.2, 0.25) is 23.6 Å². The first-order valence-electron chi connectivity index (χ1n) is 19.3. The average Bonchev–Trinajstić information content (AvgIpc) is 3.86. The van der Waals surface area contributed by atoms with E-state index < -0.39 is 60.8 Å². The molecular formula is C35H54BN10O11+. The Morgan fingerprint density at radius 2 is 1.70 bits per heavy atom. The number of hydrogen-bond donors (Lipinski definition) is 11. The summed E-state index contributed by atoms with van der Waals surface area (Å²) in [6.07, 6.45) is 5.95. The van der Waals surface area contributed by atoms with Gasteiger partial charge in [-0.05, 0) is 76.1 Å². The van der Waals surface area contributed by atoms with Gasteiger partial charge in [0.15, 0.2) is 6.04 Å². The van der Waals surface area contributed by atoms with E-state index in [0.29, 0.717) is 80.9 Å². The molecule has 2 saturated heterocycles. The number of nitrogens with one attached hydrogen (secondary N) is 7. The number of hydroxylamine groups is 2. The molecule has 0 saturated carbocycles. The Bertz CT molecular complexity index is 1630. The Labute approximate surface area is 330 Å². The third-order valence-electron chi connectivity index (χ3n) is 10.0. The van der Waals surface area contributed by atoms with Crippen LogP contribution in [0.2, 0.25) is 0 Å². The minimum absolute atomic E-state index is 0.0715. The molecule has 1 aromatic rings. The van der Waals surface area contributed by atoms with Gasteiger partial charge in [0.25, 0.3) is 18.2 Å². The predicted molar refractivity (Wildman–Crippen MR) is 203 cm³/mol. The highest BCUT2D eigenvalue weighted by atomic mass is 16.5. The van der Waals surface area contributed by atoms with Crippen LogP contribution in [-0.4, -0.2) is 146 Å². The van der Waals surface area contributed by atoms with Gasteiger partial charge in [-0.2, -0.15) is 4.68 Å². The fourth-order valence-electron chi connectivity index (χ4n) is 6.79. The number of carbonyl (C=O) groups excluding carboxylic acids is 6. The molecular weight excluding hydrogens is 747 g/mol. The zero-order chi connectivity index (χ0) is 41.5. The molecule has 3 heterocycles. The zero-order valence-electron chi connectivity index (χ0n) is 31.9. The van der Waals surface area contributed by atoms with Crippen molar-refractivity contribution in [3.8, 4) is 0 Å². The summed E-state index contributed by atoms with van der Waals surface area (Å²) in [5.41, 5.74) is 9.02. The highest BCUT2D eigenvalue weighted by molar-refractivity contribution is 6.43. The van der Waals surface area contributed by atoms with E-state index in [0.717, 1.165) is 0 Å². The van der Waals surface area contributed by atoms with Gasteiger partial charge in [-0.3, -0.25) is 55.6 Å². The molecule has 0 aliphatic carbocycles. The molecule has 22 heteroatoms. The van der Waals surface area contributed by atoms with Crippen LogP contribution in [0.3, 0.4) is 0 Å². The number of carbonyl (C=O) groups is 7. The monoisotopic (exact) mass is 801 g/mol. The summed E-state index contributed by atoms with van der Waals surface area (Å²) >= 11 is 0. The molecule has 4 rings (SSSR count). The molecule has 312 valence electrons. The van der Waals surface area contributed by atoms with E-state index in [1.54, 1.807) is 23.2 Å². The Hall–Kier alpha value is -5.48. The molecule has 57 heavy (non-hydrogen) atoms. The standard InChI is InChI=1S/C35H53BN10O11/c1-22(34(52)44-17-7-9-28(44)36(55)56)40-32(50)23-12-14-24(15-13-23)42-43-30(48)11-4-2-3-10-29(47)38-16-6-5-8-26(35(53)54)41-33(51)27-18-25-19-37-21-45(25)39-20-31(49)46(27)57/h12-15,21-22,25-28,39,55-57H,2-11,16-20H2,1H3,(H6,38,40,41,42,43,47,48,50,51,53,54)/p+1/t22-,25?,26+,27?,28+/m1/s1. The second-order valence-corrected chi connectivity index (χ2v) is 14.3. The summed E-state index contributed by atoms with van der Waals surface area (Å²) in [6.45, 7) is 2.46. The quantitative estimate of drug-likeness (QED) is 0.0215. The lowest BCUT2D eigenvalue weighted by molar-refractivity contribution is -0.610. The predicted octanol–water partition coefficient (Wildman–Crippen LogP) is -2.44. The van der Waals surface area contributed by atoms with Crippen molar-refractivity contribution in [2.45, 2.75) is 108 Å². The molecule has 3 aliphatic heterocycles. The van der Waals surface area contributed by atoms with E-state index in [1.807, 2.05) is 0 Å². The number of hydrazine groups is 2. The van der Waals surface area contributed by atoms with Gasteiger partial charge in [0.1, 0.15) is 31.2 Å². The number of carboxylic acids is 1. The Kier molecular flexibility index (Phi) is 16.9. The van der Waals surface area contributed by atoms with Gasteiger partial charge >= 0.3 is 13.1 Å². The van der Waals surface area contributed by atoms with Crippen molar-refractivity contribution in [1.82, 2.24) is 42.1 Å².